The normalized spacial score (nSPS) is 12.6. The van der Waals surface area contributed by atoms with Crippen LogP contribution >= 0.6 is 12.2 Å². The first-order valence-electron chi connectivity index (χ1n) is 5.13. The third-order valence-corrected chi connectivity index (χ3v) is 2.77. The second-order valence-corrected chi connectivity index (χ2v) is 4.16. The van der Waals surface area contributed by atoms with Crippen LogP contribution in [-0.4, -0.2) is 20.4 Å². The maximum Gasteiger partial charge on any atom is 0.182 e. The summed E-state index contributed by atoms with van der Waals surface area (Å²) in [4.78, 5) is 14.6. The van der Waals surface area contributed by atoms with Crippen molar-refractivity contribution in [2.75, 3.05) is 0 Å². The summed E-state index contributed by atoms with van der Waals surface area (Å²) >= 11 is 5.18. The summed E-state index contributed by atoms with van der Waals surface area (Å²) in [6, 6.07) is 7.44. The molecule has 1 aromatic carbocycles. The first kappa shape index (κ1) is 11.6. The van der Waals surface area contributed by atoms with Crippen LogP contribution in [0, 0.1) is 4.77 Å². The van der Waals surface area contributed by atoms with Gasteiger partial charge in [-0.1, -0.05) is 12.1 Å². The molecule has 1 aromatic heterocycles. The molecule has 0 radical (unpaired) electrons. The number of carbonyl (C=O) groups is 1. The van der Waals surface area contributed by atoms with Gasteiger partial charge in [-0.05, 0) is 31.3 Å². The number of rotatable bonds is 2. The Hall–Kier alpha value is -1.88. The van der Waals surface area contributed by atoms with E-state index < -0.39 is 0 Å². The maximum absolute atomic E-state index is 11.6. The molecule has 5 heteroatoms. The van der Waals surface area contributed by atoms with Gasteiger partial charge in [-0.3, -0.25) is 9.36 Å². The van der Waals surface area contributed by atoms with Crippen LogP contribution in [0.1, 0.15) is 13.8 Å². The molecule has 0 aliphatic heterocycles. The van der Waals surface area contributed by atoms with E-state index in [0.29, 0.717) is 4.77 Å². The van der Waals surface area contributed by atoms with Gasteiger partial charge >= 0.3 is 0 Å². The predicted molar refractivity (Wildman–Crippen MR) is 69.3 cm³/mol. The summed E-state index contributed by atoms with van der Waals surface area (Å²) in [6.07, 6.45) is 0. The molecule has 1 heterocycles. The van der Waals surface area contributed by atoms with Crippen molar-refractivity contribution in [3.63, 3.8) is 0 Å². The molecule has 0 saturated heterocycles. The molecule has 2 N–H and O–H groups in total. The van der Waals surface area contributed by atoms with Crippen molar-refractivity contribution in [1.82, 2.24) is 9.55 Å². The van der Waals surface area contributed by atoms with E-state index in [2.05, 4.69) is 4.98 Å². The van der Waals surface area contributed by atoms with Crippen molar-refractivity contribution in [1.29, 1.82) is 0 Å². The molecule has 0 amide bonds. The number of para-hydroxylation sites is 2. The number of Topliss-reactive ketones (excluding diaryl/α,β-unsaturated/α-hetero) is 1. The number of nitrogens with zero attached hydrogens (tertiary/aromatic N) is 1. The van der Waals surface area contributed by atoms with Gasteiger partial charge in [0.2, 0.25) is 0 Å². The van der Waals surface area contributed by atoms with Crippen molar-refractivity contribution in [3.8, 4) is 0 Å². The monoisotopic (exact) mass is 248 g/mol. The fourth-order valence-electron chi connectivity index (χ4n) is 1.85. The minimum atomic E-state index is -0.231. The highest BCUT2D eigenvalue weighted by Crippen LogP contribution is 2.20. The van der Waals surface area contributed by atoms with E-state index in [1.165, 1.54) is 13.8 Å². The number of hydrogen-bond acceptors (Lipinski definition) is 3. The van der Waals surface area contributed by atoms with E-state index >= 15 is 0 Å². The average Bonchev–Trinajstić information content (AvgIpc) is 2.55. The Balaban J connectivity index is 2.88. The van der Waals surface area contributed by atoms with Gasteiger partial charge in [0.15, 0.2) is 10.6 Å². The predicted octanol–water partition coefficient (Wildman–Crippen LogP) is 3.03. The van der Waals surface area contributed by atoms with Crippen molar-refractivity contribution in [2.45, 2.75) is 13.8 Å². The number of allylic oxidation sites excluding steroid dienone is 2. The first-order valence-corrected chi connectivity index (χ1v) is 5.54. The molecule has 2 aromatic rings. The van der Waals surface area contributed by atoms with Gasteiger partial charge < -0.3 is 10.1 Å². The number of H-pyrrole nitrogens is 1. The van der Waals surface area contributed by atoms with Crippen LogP contribution in [0.25, 0.3) is 16.7 Å². The van der Waals surface area contributed by atoms with Crippen LogP contribution in [0.15, 0.2) is 30.0 Å². The SMILES string of the molecule is CC(=O)/C(=C(\C)O)n1c(=S)[nH]c2ccccc21. The number of aliphatic hydroxyl groups is 1. The largest absolute Gasteiger partial charge is 0.510 e. The van der Waals surface area contributed by atoms with Gasteiger partial charge in [0.05, 0.1) is 11.0 Å². The molecule has 0 fully saturated rings. The Morgan fingerprint density at radius 1 is 1.35 bits per heavy atom. The number of ketones is 1. The Morgan fingerprint density at radius 2 is 2.00 bits per heavy atom. The first-order chi connectivity index (χ1) is 8.02. The van der Waals surface area contributed by atoms with Crippen molar-refractivity contribution in [2.24, 2.45) is 0 Å². The Bertz CT molecular complexity index is 675. The zero-order valence-corrected chi connectivity index (χ0v) is 10.3. The lowest BCUT2D eigenvalue weighted by Gasteiger charge is -2.07. The quantitative estimate of drug-likeness (QED) is 0.488. The number of nitrogens with one attached hydrogen (secondary N) is 1. The molecule has 2 rings (SSSR count). The number of hydrogen-bond donors (Lipinski definition) is 2. The van der Waals surface area contributed by atoms with E-state index in [-0.39, 0.29) is 17.2 Å². The van der Waals surface area contributed by atoms with Gasteiger partial charge in [0.1, 0.15) is 11.5 Å². The summed E-state index contributed by atoms with van der Waals surface area (Å²) in [5.74, 6) is -0.274. The van der Waals surface area contributed by atoms with Crippen molar-refractivity contribution < 1.29 is 9.90 Å². The fraction of sp³-hybridized carbons (Fsp3) is 0.167. The van der Waals surface area contributed by atoms with Gasteiger partial charge in [-0.2, -0.15) is 0 Å². The Morgan fingerprint density at radius 3 is 2.59 bits per heavy atom. The molecule has 4 nitrogen and oxygen atoms in total. The number of aromatic nitrogens is 2. The molecule has 0 aliphatic carbocycles. The highest BCUT2D eigenvalue weighted by Gasteiger charge is 2.15. The van der Waals surface area contributed by atoms with E-state index in [1.807, 2.05) is 24.3 Å². The summed E-state index contributed by atoms with van der Waals surface area (Å²) in [7, 11) is 0. The molecule has 0 spiro atoms. The smallest absolute Gasteiger partial charge is 0.182 e. The summed E-state index contributed by atoms with van der Waals surface area (Å²) in [5, 5.41) is 9.62. The number of benzene rings is 1. The van der Waals surface area contributed by atoms with Gasteiger partial charge in [-0.15, -0.1) is 0 Å². The minimum Gasteiger partial charge on any atom is -0.510 e. The number of fused-ring (bicyclic) bond motifs is 1. The second-order valence-electron chi connectivity index (χ2n) is 3.77. The lowest BCUT2D eigenvalue weighted by Crippen LogP contribution is -2.08. The van der Waals surface area contributed by atoms with Crippen LogP contribution in [0.5, 0.6) is 0 Å². The summed E-state index contributed by atoms with van der Waals surface area (Å²) in [6.45, 7) is 2.87. The molecule has 0 aliphatic rings. The molecular weight excluding hydrogens is 236 g/mol. The third kappa shape index (κ3) is 1.89. The summed E-state index contributed by atoms with van der Waals surface area (Å²) < 4.78 is 1.95. The topological polar surface area (TPSA) is 58.0 Å². The standard InChI is InChI=1S/C12H12N2O2S/c1-7(15)11(8(2)16)14-10-6-4-3-5-9(10)13-12(14)17/h3-6,15H,1-2H3,(H,13,17)/b11-7-. The number of aliphatic hydroxyl groups excluding tert-OH is 1. The minimum absolute atomic E-state index is 0.0432. The van der Waals surface area contributed by atoms with E-state index in [1.54, 1.807) is 4.57 Å². The fourth-order valence-corrected chi connectivity index (χ4v) is 2.15. The van der Waals surface area contributed by atoms with Crippen LogP contribution < -0.4 is 0 Å². The molecule has 0 bridgehead atoms. The Kier molecular flexibility index (Phi) is 2.85. The molecular formula is C12H12N2O2S. The Labute approximate surface area is 103 Å². The third-order valence-electron chi connectivity index (χ3n) is 2.49. The lowest BCUT2D eigenvalue weighted by atomic mass is 10.2. The molecule has 0 saturated carbocycles. The van der Waals surface area contributed by atoms with Gasteiger partial charge in [0, 0.05) is 6.92 Å². The van der Waals surface area contributed by atoms with Crippen LogP contribution in [0.2, 0.25) is 0 Å². The zero-order valence-electron chi connectivity index (χ0n) is 9.52. The van der Waals surface area contributed by atoms with Gasteiger partial charge in [-0.25, -0.2) is 0 Å². The molecule has 17 heavy (non-hydrogen) atoms. The molecule has 0 unspecified atom stereocenters. The number of imidazole rings is 1. The van der Waals surface area contributed by atoms with E-state index in [4.69, 9.17) is 12.2 Å². The highest BCUT2D eigenvalue weighted by atomic mass is 32.1. The van der Waals surface area contributed by atoms with Crippen LogP contribution in [0.3, 0.4) is 0 Å². The molecule has 0 atom stereocenters. The second kappa shape index (κ2) is 4.18. The number of aromatic amines is 1. The van der Waals surface area contributed by atoms with Crippen molar-refractivity contribution in [3.05, 3.63) is 34.8 Å². The van der Waals surface area contributed by atoms with Crippen LogP contribution in [0.4, 0.5) is 0 Å². The maximum atomic E-state index is 11.6. The summed E-state index contributed by atoms with van der Waals surface area (Å²) in [5.41, 5.74) is 1.81. The highest BCUT2D eigenvalue weighted by molar-refractivity contribution is 7.71. The lowest BCUT2D eigenvalue weighted by molar-refractivity contribution is -0.112. The zero-order chi connectivity index (χ0) is 12.6. The number of carbonyl (C=O) groups excluding carboxylic acids is 1. The van der Waals surface area contributed by atoms with E-state index in [0.717, 1.165) is 11.0 Å². The average molecular weight is 248 g/mol. The van der Waals surface area contributed by atoms with Gasteiger partial charge in [0.25, 0.3) is 0 Å². The van der Waals surface area contributed by atoms with Crippen molar-refractivity contribution >= 4 is 34.7 Å². The van der Waals surface area contributed by atoms with E-state index in [9.17, 15) is 9.90 Å². The van der Waals surface area contributed by atoms with Crippen LogP contribution in [-0.2, 0) is 4.79 Å². The molecule has 88 valence electrons.